The molecule has 0 spiro atoms. The van der Waals surface area contributed by atoms with Crippen LogP contribution in [0.15, 0.2) is 11.8 Å². The number of carbonyl (C=O) groups excluding carboxylic acids is 2. The SMILES string of the molecule is CC=C(OC)C(=O)NC(CC1CCCCC1)C(=O)NC. The Hall–Kier alpha value is -1.52. The van der Waals surface area contributed by atoms with Gasteiger partial charge in [-0.25, -0.2) is 0 Å². The maximum atomic E-state index is 12.0. The van der Waals surface area contributed by atoms with Gasteiger partial charge in [0.05, 0.1) is 7.11 Å². The fourth-order valence-electron chi connectivity index (χ4n) is 2.73. The second-order valence-corrected chi connectivity index (χ2v) is 5.24. The lowest BCUT2D eigenvalue weighted by Crippen LogP contribution is -2.47. The standard InChI is InChI=1S/C15H26N2O3/c1-4-13(20-3)15(19)17-12(14(18)16-2)10-11-8-6-5-7-9-11/h4,11-12H,5-10H2,1-3H3,(H,16,18)(H,17,19). The van der Waals surface area contributed by atoms with Crippen molar-refractivity contribution in [3.05, 3.63) is 11.8 Å². The largest absolute Gasteiger partial charge is 0.491 e. The molecule has 1 fully saturated rings. The first-order chi connectivity index (χ1) is 9.62. The summed E-state index contributed by atoms with van der Waals surface area (Å²) in [5, 5.41) is 5.39. The van der Waals surface area contributed by atoms with Crippen LogP contribution in [-0.4, -0.2) is 32.0 Å². The Labute approximate surface area is 121 Å². The van der Waals surface area contributed by atoms with Crippen molar-refractivity contribution in [2.75, 3.05) is 14.2 Å². The van der Waals surface area contributed by atoms with Crippen LogP contribution in [-0.2, 0) is 14.3 Å². The molecular weight excluding hydrogens is 256 g/mol. The molecule has 1 unspecified atom stereocenters. The third kappa shape index (κ3) is 4.87. The highest BCUT2D eigenvalue weighted by Gasteiger charge is 2.26. The zero-order valence-electron chi connectivity index (χ0n) is 12.7. The highest BCUT2D eigenvalue weighted by molar-refractivity contribution is 5.95. The van der Waals surface area contributed by atoms with Crippen molar-refractivity contribution < 1.29 is 14.3 Å². The molecule has 5 heteroatoms. The number of rotatable bonds is 6. The summed E-state index contributed by atoms with van der Waals surface area (Å²) in [5.74, 6) is 0.278. The van der Waals surface area contributed by atoms with E-state index in [1.54, 1.807) is 20.0 Å². The van der Waals surface area contributed by atoms with Gasteiger partial charge in [-0.15, -0.1) is 0 Å². The first-order valence-electron chi connectivity index (χ1n) is 7.35. The van der Waals surface area contributed by atoms with Crippen LogP contribution < -0.4 is 10.6 Å². The summed E-state index contributed by atoms with van der Waals surface area (Å²) in [6.45, 7) is 1.73. The molecule has 0 aliphatic heterocycles. The van der Waals surface area contributed by atoms with Crippen molar-refractivity contribution >= 4 is 11.8 Å². The Morgan fingerprint density at radius 2 is 1.95 bits per heavy atom. The van der Waals surface area contributed by atoms with Crippen molar-refractivity contribution in [2.45, 2.75) is 51.5 Å². The van der Waals surface area contributed by atoms with Gasteiger partial charge < -0.3 is 15.4 Å². The van der Waals surface area contributed by atoms with Gasteiger partial charge in [-0.3, -0.25) is 9.59 Å². The molecule has 20 heavy (non-hydrogen) atoms. The Kier molecular flexibility index (Phi) is 7.12. The van der Waals surface area contributed by atoms with E-state index in [4.69, 9.17) is 4.74 Å². The molecule has 0 aromatic heterocycles. The summed E-state index contributed by atoms with van der Waals surface area (Å²) >= 11 is 0. The molecule has 0 heterocycles. The maximum Gasteiger partial charge on any atom is 0.286 e. The molecule has 0 aromatic carbocycles. The molecular formula is C15H26N2O3. The molecule has 1 aliphatic rings. The van der Waals surface area contributed by atoms with Gasteiger partial charge in [-0.2, -0.15) is 0 Å². The third-order valence-electron chi connectivity index (χ3n) is 3.87. The van der Waals surface area contributed by atoms with E-state index in [-0.39, 0.29) is 17.6 Å². The van der Waals surface area contributed by atoms with Crippen molar-refractivity contribution in [1.29, 1.82) is 0 Å². The Balaban J connectivity index is 2.64. The quantitative estimate of drug-likeness (QED) is 0.576. The normalized spacial score (nSPS) is 18.2. The van der Waals surface area contributed by atoms with Crippen LogP contribution in [0.4, 0.5) is 0 Å². The van der Waals surface area contributed by atoms with Crippen LogP contribution in [0.3, 0.4) is 0 Å². The monoisotopic (exact) mass is 282 g/mol. The lowest BCUT2D eigenvalue weighted by molar-refractivity contribution is -0.128. The number of carbonyl (C=O) groups is 2. The van der Waals surface area contributed by atoms with E-state index in [2.05, 4.69) is 10.6 Å². The number of nitrogens with one attached hydrogen (secondary N) is 2. The summed E-state index contributed by atoms with van der Waals surface area (Å²) in [6, 6.07) is -0.485. The second-order valence-electron chi connectivity index (χ2n) is 5.24. The molecule has 114 valence electrons. The topological polar surface area (TPSA) is 67.4 Å². The molecule has 0 radical (unpaired) electrons. The fourth-order valence-corrected chi connectivity index (χ4v) is 2.73. The van der Waals surface area contributed by atoms with Crippen molar-refractivity contribution in [3.63, 3.8) is 0 Å². The van der Waals surface area contributed by atoms with Gasteiger partial charge in [0.2, 0.25) is 5.91 Å². The molecule has 1 saturated carbocycles. The van der Waals surface area contributed by atoms with Gasteiger partial charge in [-0.05, 0) is 25.3 Å². The molecule has 5 nitrogen and oxygen atoms in total. The average molecular weight is 282 g/mol. The lowest BCUT2D eigenvalue weighted by Gasteiger charge is -2.26. The number of methoxy groups -OCH3 is 1. The van der Waals surface area contributed by atoms with Gasteiger partial charge in [0.25, 0.3) is 5.91 Å². The molecule has 2 N–H and O–H groups in total. The van der Waals surface area contributed by atoms with E-state index in [9.17, 15) is 9.59 Å². The van der Waals surface area contributed by atoms with Gasteiger partial charge >= 0.3 is 0 Å². The number of likely N-dealkylation sites (N-methyl/N-ethyl adjacent to an activating group) is 1. The van der Waals surface area contributed by atoms with Crippen molar-refractivity contribution in [1.82, 2.24) is 10.6 Å². The molecule has 0 bridgehead atoms. The first-order valence-corrected chi connectivity index (χ1v) is 7.35. The summed E-state index contributed by atoms with van der Waals surface area (Å²) in [4.78, 5) is 23.9. The van der Waals surface area contributed by atoms with E-state index in [1.165, 1.54) is 26.4 Å². The van der Waals surface area contributed by atoms with Gasteiger partial charge in [0, 0.05) is 7.05 Å². The molecule has 0 aromatic rings. The number of allylic oxidation sites excluding steroid dienone is 1. The maximum absolute atomic E-state index is 12.0. The van der Waals surface area contributed by atoms with E-state index >= 15 is 0 Å². The summed E-state index contributed by atoms with van der Waals surface area (Å²) in [6.07, 6.45) is 8.30. The summed E-state index contributed by atoms with van der Waals surface area (Å²) in [5.41, 5.74) is 0. The molecule has 0 saturated heterocycles. The van der Waals surface area contributed by atoms with Crippen molar-refractivity contribution in [3.8, 4) is 0 Å². The minimum atomic E-state index is -0.485. The van der Waals surface area contributed by atoms with Crippen LogP contribution >= 0.6 is 0 Å². The molecule has 1 aliphatic carbocycles. The smallest absolute Gasteiger partial charge is 0.286 e. The lowest BCUT2D eigenvalue weighted by atomic mass is 9.84. The van der Waals surface area contributed by atoms with E-state index in [1.807, 2.05) is 0 Å². The minimum Gasteiger partial charge on any atom is -0.491 e. The number of ether oxygens (including phenoxy) is 1. The molecule has 1 rings (SSSR count). The van der Waals surface area contributed by atoms with E-state index in [0.717, 1.165) is 12.8 Å². The second kappa shape index (κ2) is 8.61. The third-order valence-corrected chi connectivity index (χ3v) is 3.87. The highest BCUT2D eigenvalue weighted by atomic mass is 16.5. The first kappa shape index (κ1) is 16.5. The van der Waals surface area contributed by atoms with Crippen LogP contribution in [0.2, 0.25) is 0 Å². The van der Waals surface area contributed by atoms with Crippen LogP contribution in [0.1, 0.15) is 45.4 Å². The summed E-state index contributed by atoms with van der Waals surface area (Å²) in [7, 11) is 3.04. The van der Waals surface area contributed by atoms with Crippen molar-refractivity contribution in [2.24, 2.45) is 5.92 Å². The number of amides is 2. The summed E-state index contributed by atoms with van der Waals surface area (Å²) < 4.78 is 4.98. The Morgan fingerprint density at radius 1 is 1.30 bits per heavy atom. The van der Waals surface area contributed by atoms with Crippen LogP contribution in [0, 0.1) is 5.92 Å². The zero-order valence-corrected chi connectivity index (χ0v) is 12.7. The predicted molar refractivity (Wildman–Crippen MR) is 78.0 cm³/mol. The molecule has 1 atom stereocenters. The van der Waals surface area contributed by atoms with Gasteiger partial charge in [-0.1, -0.05) is 32.1 Å². The minimum absolute atomic E-state index is 0.143. The molecule has 2 amide bonds. The highest BCUT2D eigenvalue weighted by Crippen LogP contribution is 2.27. The number of hydrogen-bond donors (Lipinski definition) is 2. The zero-order chi connectivity index (χ0) is 15.0. The fraction of sp³-hybridized carbons (Fsp3) is 0.733. The Bertz CT molecular complexity index is 360. The van der Waals surface area contributed by atoms with E-state index in [0.29, 0.717) is 12.3 Å². The Morgan fingerprint density at radius 3 is 2.45 bits per heavy atom. The van der Waals surface area contributed by atoms with E-state index < -0.39 is 6.04 Å². The van der Waals surface area contributed by atoms with Gasteiger partial charge in [0.15, 0.2) is 5.76 Å². The van der Waals surface area contributed by atoms with Crippen LogP contribution in [0.5, 0.6) is 0 Å². The number of hydrogen-bond acceptors (Lipinski definition) is 3. The van der Waals surface area contributed by atoms with Gasteiger partial charge in [0.1, 0.15) is 6.04 Å². The average Bonchev–Trinajstić information content (AvgIpc) is 2.48. The predicted octanol–water partition coefficient (Wildman–Crippen LogP) is 1.74. The van der Waals surface area contributed by atoms with Crippen LogP contribution in [0.25, 0.3) is 0 Å².